The van der Waals surface area contributed by atoms with Crippen molar-refractivity contribution in [2.75, 3.05) is 6.61 Å². The number of hydrogen-bond acceptors (Lipinski definition) is 4. The summed E-state index contributed by atoms with van der Waals surface area (Å²) in [6, 6.07) is 1.01. The third-order valence-corrected chi connectivity index (χ3v) is 2.12. The summed E-state index contributed by atoms with van der Waals surface area (Å²) in [5, 5.41) is 3.56. The van der Waals surface area contributed by atoms with Gasteiger partial charge in [0.1, 0.15) is 5.69 Å². The molecular weight excluding hydrogens is 267 g/mol. The lowest BCUT2D eigenvalue weighted by molar-refractivity contribution is -0.137. The number of primary amides is 1. The number of carbonyl (C=O) groups is 2. The molecule has 0 saturated carbocycles. The van der Waals surface area contributed by atoms with Crippen LogP contribution in [0.15, 0.2) is 6.07 Å². The number of aromatic nitrogens is 2. The topological polar surface area (TPSA) is 87.2 Å². The lowest BCUT2D eigenvalue weighted by atomic mass is 10.3. The fourth-order valence-corrected chi connectivity index (χ4v) is 1.31. The molecule has 1 rings (SSSR count). The number of halogens is 3. The van der Waals surface area contributed by atoms with Crippen LogP contribution in [0.1, 0.15) is 34.3 Å². The Hall–Kier alpha value is -2.06. The molecule has 0 saturated heterocycles. The van der Waals surface area contributed by atoms with Crippen LogP contribution < -0.4 is 5.73 Å². The van der Waals surface area contributed by atoms with E-state index < -0.39 is 31.0 Å². The van der Waals surface area contributed by atoms with Crippen molar-refractivity contribution in [1.29, 1.82) is 0 Å². The highest BCUT2D eigenvalue weighted by Crippen LogP contribution is 2.21. The van der Waals surface area contributed by atoms with Gasteiger partial charge in [-0.2, -0.15) is 18.3 Å². The molecule has 0 unspecified atom stereocenters. The number of nitrogens with zero attached hydrogens (tertiary/aromatic N) is 2. The van der Waals surface area contributed by atoms with E-state index in [1.54, 1.807) is 6.92 Å². The first-order valence-corrected chi connectivity index (χ1v) is 5.36. The number of rotatable bonds is 5. The van der Waals surface area contributed by atoms with E-state index >= 15 is 0 Å². The lowest BCUT2D eigenvalue weighted by Gasteiger charge is -2.08. The molecule has 0 aromatic carbocycles. The van der Waals surface area contributed by atoms with E-state index in [1.165, 1.54) is 0 Å². The van der Waals surface area contributed by atoms with Crippen LogP contribution in [-0.2, 0) is 11.3 Å². The summed E-state index contributed by atoms with van der Waals surface area (Å²) in [6.07, 6.45) is -5.58. The van der Waals surface area contributed by atoms with E-state index in [0.29, 0.717) is 0 Å². The van der Waals surface area contributed by atoms with Crippen LogP contribution in [0, 0.1) is 0 Å². The van der Waals surface area contributed by atoms with Crippen LogP contribution in [0.25, 0.3) is 0 Å². The summed E-state index contributed by atoms with van der Waals surface area (Å²) in [7, 11) is 0. The number of nitrogens with two attached hydrogens (primary N) is 1. The summed E-state index contributed by atoms with van der Waals surface area (Å²) in [5.41, 5.74) is 4.44. The molecule has 0 spiro atoms. The first kappa shape index (κ1) is 15.0. The number of hydrogen-bond donors (Lipinski definition) is 1. The van der Waals surface area contributed by atoms with Crippen molar-refractivity contribution >= 4 is 11.9 Å². The van der Waals surface area contributed by atoms with Gasteiger partial charge in [0.15, 0.2) is 5.69 Å². The highest BCUT2D eigenvalue weighted by molar-refractivity contribution is 5.95. The molecule has 0 aliphatic rings. The second-order valence-corrected chi connectivity index (χ2v) is 3.59. The molecule has 6 nitrogen and oxygen atoms in total. The third-order valence-electron chi connectivity index (χ3n) is 2.12. The van der Waals surface area contributed by atoms with E-state index in [2.05, 4.69) is 9.84 Å². The molecule has 1 heterocycles. The number of aryl methyl sites for hydroxylation is 1. The van der Waals surface area contributed by atoms with Crippen LogP contribution in [0.2, 0.25) is 0 Å². The van der Waals surface area contributed by atoms with Gasteiger partial charge < -0.3 is 10.5 Å². The molecule has 1 aromatic heterocycles. The molecule has 0 aliphatic heterocycles. The number of carbonyl (C=O) groups excluding carboxylic acids is 2. The van der Waals surface area contributed by atoms with Crippen molar-refractivity contribution in [3.05, 3.63) is 17.5 Å². The molecule has 1 amide bonds. The zero-order valence-corrected chi connectivity index (χ0v) is 10.0. The highest BCUT2D eigenvalue weighted by atomic mass is 19.4. The van der Waals surface area contributed by atoms with Crippen molar-refractivity contribution in [1.82, 2.24) is 9.78 Å². The quantitative estimate of drug-likeness (QED) is 0.818. The minimum absolute atomic E-state index is 0.0508. The third kappa shape index (κ3) is 4.27. The number of amides is 1. The Balaban J connectivity index is 2.99. The average Bonchev–Trinajstić information content (AvgIpc) is 2.70. The predicted octanol–water partition coefficient (Wildman–Crippen LogP) is 1.11. The summed E-state index contributed by atoms with van der Waals surface area (Å²) in [6.45, 7) is 1.00. The second-order valence-electron chi connectivity index (χ2n) is 3.59. The number of alkyl halides is 3. The number of ether oxygens (including phenoxy) is 1. The molecule has 2 N–H and O–H groups in total. The van der Waals surface area contributed by atoms with E-state index in [4.69, 9.17) is 5.73 Å². The summed E-state index contributed by atoms with van der Waals surface area (Å²) in [4.78, 5) is 22.4. The van der Waals surface area contributed by atoms with E-state index in [0.717, 1.165) is 10.7 Å². The Morgan fingerprint density at radius 3 is 2.58 bits per heavy atom. The van der Waals surface area contributed by atoms with Gasteiger partial charge in [-0.1, -0.05) is 0 Å². The maximum atomic E-state index is 12.1. The van der Waals surface area contributed by atoms with Crippen LogP contribution in [-0.4, -0.2) is 34.4 Å². The van der Waals surface area contributed by atoms with Gasteiger partial charge in [0.05, 0.1) is 19.6 Å². The van der Waals surface area contributed by atoms with Crippen molar-refractivity contribution in [3.8, 4) is 0 Å². The maximum absolute atomic E-state index is 12.1. The summed E-state index contributed by atoms with van der Waals surface area (Å²) in [5.74, 6) is -1.79. The van der Waals surface area contributed by atoms with Crippen molar-refractivity contribution in [3.63, 3.8) is 0 Å². The first-order chi connectivity index (χ1) is 8.74. The minimum Gasteiger partial charge on any atom is -0.461 e. The zero-order valence-electron chi connectivity index (χ0n) is 10.0. The van der Waals surface area contributed by atoms with Gasteiger partial charge in [0, 0.05) is 6.07 Å². The first-order valence-electron chi connectivity index (χ1n) is 5.36. The lowest BCUT2D eigenvalue weighted by Crippen LogP contribution is -2.18. The molecule has 19 heavy (non-hydrogen) atoms. The van der Waals surface area contributed by atoms with E-state index in [1.807, 2.05) is 0 Å². The highest BCUT2D eigenvalue weighted by Gasteiger charge is 2.28. The van der Waals surface area contributed by atoms with Gasteiger partial charge in [-0.05, 0) is 6.92 Å². The van der Waals surface area contributed by atoms with E-state index in [9.17, 15) is 22.8 Å². The molecular formula is C10H12F3N3O3. The normalized spacial score (nSPS) is 11.4. The molecule has 106 valence electrons. The van der Waals surface area contributed by atoms with Crippen molar-refractivity contribution in [2.45, 2.75) is 26.1 Å². The predicted molar refractivity (Wildman–Crippen MR) is 57.4 cm³/mol. The Bertz CT molecular complexity index is 482. The molecule has 0 aliphatic carbocycles. The molecule has 0 bridgehead atoms. The van der Waals surface area contributed by atoms with Crippen LogP contribution in [0.4, 0.5) is 13.2 Å². The van der Waals surface area contributed by atoms with Gasteiger partial charge >= 0.3 is 12.1 Å². The van der Waals surface area contributed by atoms with Crippen LogP contribution in [0.3, 0.4) is 0 Å². The minimum atomic E-state index is -4.40. The molecule has 0 atom stereocenters. The van der Waals surface area contributed by atoms with Gasteiger partial charge in [0.25, 0.3) is 5.91 Å². The van der Waals surface area contributed by atoms with Gasteiger partial charge in [-0.15, -0.1) is 0 Å². The largest absolute Gasteiger partial charge is 0.461 e. The maximum Gasteiger partial charge on any atom is 0.390 e. The standard InChI is InChI=1S/C10H12F3N3O3/c1-2-19-9(18)7-5-6(8(14)17)15-16(7)4-3-10(11,12)13/h5H,2-4H2,1H3,(H2,14,17). The van der Waals surface area contributed by atoms with Crippen LogP contribution >= 0.6 is 0 Å². The molecule has 0 radical (unpaired) electrons. The molecule has 9 heteroatoms. The van der Waals surface area contributed by atoms with Crippen molar-refractivity contribution in [2.24, 2.45) is 5.73 Å². The van der Waals surface area contributed by atoms with Gasteiger partial charge in [-0.25, -0.2) is 4.79 Å². The van der Waals surface area contributed by atoms with E-state index in [-0.39, 0.29) is 18.0 Å². The Labute approximate surface area is 106 Å². The average molecular weight is 279 g/mol. The monoisotopic (exact) mass is 279 g/mol. The summed E-state index contributed by atoms with van der Waals surface area (Å²) >= 11 is 0. The van der Waals surface area contributed by atoms with Gasteiger partial charge in [-0.3, -0.25) is 9.48 Å². The summed E-state index contributed by atoms with van der Waals surface area (Å²) < 4.78 is 41.8. The fraction of sp³-hybridized carbons (Fsp3) is 0.500. The van der Waals surface area contributed by atoms with Gasteiger partial charge in [0.2, 0.25) is 0 Å². The molecule has 1 aromatic rings. The van der Waals surface area contributed by atoms with Crippen molar-refractivity contribution < 1.29 is 27.5 Å². The smallest absolute Gasteiger partial charge is 0.390 e. The Morgan fingerprint density at radius 1 is 1.47 bits per heavy atom. The van der Waals surface area contributed by atoms with Crippen LogP contribution in [0.5, 0.6) is 0 Å². The number of esters is 1. The fourth-order valence-electron chi connectivity index (χ4n) is 1.31. The zero-order chi connectivity index (χ0) is 14.6. The Morgan fingerprint density at radius 2 is 2.11 bits per heavy atom. The second kappa shape index (κ2) is 5.72. The SMILES string of the molecule is CCOC(=O)c1cc(C(N)=O)nn1CCC(F)(F)F. The molecule has 0 fully saturated rings. The Kier molecular flexibility index (Phi) is 4.52.